The average molecular weight is 589 g/mol. The molecule has 0 bridgehead atoms. The molecular weight excluding hydrogens is 565 g/mol. The zero-order valence-corrected chi connectivity index (χ0v) is 25.0. The Kier molecular flexibility index (Phi) is 5.66. The van der Waals surface area contributed by atoms with E-state index in [9.17, 15) is 10.5 Å². The minimum atomic E-state index is -0.206. The maximum Gasteiger partial charge on any atom is 0.100 e. The van der Waals surface area contributed by atoms with E-state index in [1.165, 1.54) is 36.9 Å². The van der Waals surface area contributed by atoms with Crippen LogP contribution in [0.1, 0.15) is 28.2 Å². The Balaban J connectivity index is 1.31. The molecule has 0 saturated heterocycles. The molecule has 3 heteroatoms. The fourth-order valence-electron chi connectivity index (χ4n) is 7.60. The van der Waals surface area contributed by atoms with Crippen LogP contribution >= 0.6 is 11.3 Å². The van der Waals surface area contributed by atoms with Gasteiger partial charge in [0.05, 0.1) is 17.6 Å². The van der Waals surface area contributed by atoms with Gasteiger partial charge in [-0.1, -0.05) is 127 Å². The quantitative estimate of drug-likeness (QED) is 0.189. The van der Waals surface area contributed by atoms with Gasteiger partial charge in [-0.2, -0.15) is 10.5 Å². The minimum absolute atomic E-state index is 0.0269. The molecule has 2 unspecified atom stereocenters. The van der Waals surface area contributed by atoms with Crippen LogP contribution in [0.4, 0.5) is 0 Å². The number of hydrogen-bond donors (Lipinski definition) is 0. The normalized spacial score (nSPS) is 17.0. The summed E-state index contributed by atoms with van der Waals surface area (Å²) in [7, 11) is 0. The average Bonchev–Trinajstić information content (AvgIpc) is 3.47. The molecule has 2 atom stereocenters. The standard InChI is InChI=1S/C42H24N2S/c43-23-37-26-10-1-5-14-31(26)40(32-15-6-2-11-27(32)37)25-20-21-30-35-18-9-19-36(42(35)45-39(30)22-25)41-33-16-7-3-12-28(33)38(24-44)29-13-4-8-17-34(29)41/h1-22,28,38H. The first-order chi connectivity index (χ1) is 22.3. The van der Waals surface area contributed by atoms with E-state index in [2.05, 4.69) is 127 Å². The van der Waals surface area contributed by atoms with Crippen molar-refractivity contribution in [2.24, 2.45) is 5.92 Å². The Bertz CT molecular complexity index is 2520. The molecule has 0 fully saturated rings. The maximum atomic E-state index is 10.2. The third-order valence-electron chi connectivity index (χ3n) is 9.52. The summed E-state index contributed by atoms with van der Waals surface area (Å²) in [5, 5.41) is 27.0. The predicted octanol–water partition coefficient (Wildman–Crippen LogP) is 11.1. The molecule has 0 N–H and O–H groups in total. The molecule has 1 aromatic heterocycles. The molecule has 0 radical (unpaired) electrons. The van der Waals surface area contributed by atoms with Crippen LogP contribution in [0.25, 0.3) is 58.4 Å². The molecule has 0 aliphatic heterocycles. The van der Waals surface area contributed by atoms with Gasteiger partial charge in [-0.15, -0.1) is 11.3 Å². The predicted molar refractivity (Wildman–Crippen MR) is 187 cm³/mol. The Morgan fingerprint density at radius 2 is 1.31 bits per heavy atom. The van der Waals surface area contributed by atoms with Crippen LogP contribution < -0.4 is 0 Å². The highest BCUT2D eigenvalue weighted by Gasteiger charge is 2.35. The number of benzene rings is 6. The summed E-state index contributed by atoms with van der Waals surface area (Å²) < 4.78 is 2.49. The highest BCUT2D eigenvalue weighted by Crippen LogP contribution is 2.50. The van der Waals surface area contributed by atoms with E-state index >= 15 is 0 Å². The molecule has 208 valence electrons. The van der Waals surface area contributed by atoms with E-state index in [4.69, 9.17) is 0 Å². The van der Waals surface area contributed by atoms with Crippen molar-refractivity contribution in [1.29, 1.82) is 10.5 Å². The van der Waals surface area contributed by atoms with Crippen molar-refractivity contribution >= 4 is 58.6 Å². The molecule has 2 aliphatic carbocycles. The molecule has 45 heavy (non-hydrogen) atoms. The van der Waals surface area contributed by atoms with Gasteiger partial charge in [-0.3, -0.25) is 0 Å². The highest BCUT2D eigenvalue weighted by atomic mass is 32.1. The van der Waals surface area contributed by atoms with E-state index in [1.54, 1.807) is 0 Å². The third-order valence-corrected chi connectivity index (χ3v) is 10.7. The number of thiophene rings is 1. The van der Waals surface area contributed by atoms with Gasteiger partial charge in [0.15, 0.2) is 0 Å². The number of rotatable bonds is 2. The zero-order valence-electron chi connectivity index (χ0n) is 24.2. The van der Waals surface area contributed by atoms with Crippen molar-refractivity contribution in [2.75, 3.05) is 0 Å². The molecule has 0 amide bonds. The van der Waals surface area contributed by atoms with E-state index in [0.717, 1.165) is 49.4 Å². The fourth-order valence-corrected chi connectivity index (χ4v) is 8.87. The molecule has 0 saturated carbocycles. The summed E-state index contributed by atoms with van der Waals surface area (Å²) in [6, 6.07) is 43.5. The second kappa shape index (κ2) is 9.90. The van der Waals surface area contributed by atoms with E-state index in [1.807, 2.05) is 29.5 Å². The van der Waals surface area contributed by atoms with Gasteiger partial charge in [0.1, 0.15) is 6.07 Å². The van der Waals surface area contributed by atoms with Crippen molar-refractivity contribution in [3.63, 3.8) is 0 Å². The second-order valence-corrected chi connectivity index (χ2v) is 12.8. The van der Waals surface area contributed by atoms with E-state index in [0.29, 0.717) is 0 Å². The molecule has 0 spiro atoms. The topological polar surface area (TPSA) is 47.6 Å². The number of allylic oxidation sites excluding steroid dienone is 5. The monoisotopic (exact) mass is 588 g/mol. The van der Waals surface area contributed by atoms with Gasteiger partial charge in [-0.05, 0) is 50.2 Å². The Labute approximate surface area is 264 Å². The minimum Gasteiger partial charge on any atom is -0.198 e. The first-order valence-corrected chi connectivity index (χ1v) is 16.0. The Hall–Kier alpha value is -5.74. The van der Waals surface area contributed by atoms with Gasteiger partial charge in [0.2, 0.25) is 0 Å². The highest BCUT2D eigenvalue weighted by molar-refractivity contribution is 7.26. The van der Waals surface area contributed by atoms with Crippen molar-refractivity contribution in [3.8, 4) is 23.3 Å². The number of nitrogens with zero attached hydrogens (tertiary/aromatic N) is 2. The van der Waals surface area contributed by atoms with Crippen molar-refractivity contribution in [3.05, 3.63) is 161 Å². The van der Waals surface area contributed by atoms with Crippen molar-refractivity contribution < 1.29 is 0 Å². The van der Waals surface area contributed by atoms with Gasteiger partial charge >= 0.3 is 0 Å². The summed E-state index contributed by atoms with van der Waals surface area (Å²) >= 11 is 1.84. The number of fused-ring (bicyclic) bond motifs is 7. The van der Waals surface area contributed by atoms with Gasteiger partial charge in [0, 0.05) is 42.4 Å². The van der Waals surface area contributed by atoms with Crippen LogP contribution in [0.15, 0.2) is 139 Å². The summed E-state index contributed by atoms with van der Waals surface area (Å²) in [5.74, 6) is -0.179. The van der Waals surface area contributed by atoms with Crippen molar-refractivity contribution in [2.45, 2.75) is 5.92 Å². The van der Waals surface area contributed by atoms with E-state index < -0.39 is 0 Å². The van der Waals surface area contributed by atoms with Gasteiger partial charge in [0.25, 0.3) is 0 Å². The van der Waals surface area contributed by atoms with Crippen LogP contribution in [0, 0.1) is 28.6 Å². The summed E-state index contributed by atoms with van der Waals surface area (Å²) in [6.07, 6.45) is 8.55. The van der Waals surface area contributed by atoms with Gasteiger partial charge < -0.3 is 0 Å². The lowest BCUT2D eigenvalue weighted by Gasteiger charge is -2.33. The Morgan fingerprint density at radius 1 is 0.622 bits per heavy atom. The van der Waals surface area contributed by atoms with Crippen LogP contribution in [0.3, 0.4) is 0 Å². The third kappa shape index (κ3) is 3.66. The van der Waals surface area contributed by atoms with Gasteiger partial charge in [-0.25, -0.2) is 0 Å². The molecular formula is C42H24N2S. The molecule has 2 aliphatic rings. The zero-order chi connectivity index (χ0) is 30.1. The van der Waals surface area contributed by atoms with Crippen LogP contribution in [0.2, 0.25) is 0 Å². The SMILES string of the molecule is N#Cc1c2ccccc2c(-c2ccc3c(c2)sc2c(C4=C5C=CC=CC5C(C#N)c5ccccc54)cccc23)c2ccccc12. The lowest BCUT2D eigenvalue weighted by atomic mass is 9.69. The van der Waals surface area contributed by atoms with Crippen LogP contribution in [-0.2, 0) is 0 Å². The second-order valence-electron chi connectivity index (χ2n) is 11.7. The fraction of sp³-hybridized carbons (Fsp3) is 0.0476. The molecule has 1 heterocycles. The van der Waals surface area contributed by atoms with Crippen LogP contribution in [-0.4, -0.2) is 0 Å². The molecule has 6 aromatic carbocycles. The first-order valence-electron chi connectivity index (χ1n) is 15.1. The number of hydrogen-bond acceptors (Lipinski definition) is 3. The summed E-state index contributed by atoms with van der Waals surface area (Å²) in [5.41, 5.74) is 8.94. The first kappa shape index (κ1) is 25.7. The van der Waals surface area contributed by atoms with Crippen LogP contribution in [0.5, 0.6) is 0 Å². The Morgan fingerprint density at radius 3 is 2.07 bits per heavy atom. The smallest absolute Gasteiger partial charge is 0.100 e. The lowest BCUT2D eigenvalue weighted by molar-refractivity contribution is 0.679. The molecule has 2 nitrogen and oxygen atoms in total. The summed E-state index contributed by atoms with van der Waals surface area (Å²) in [4.78, 5) is 0. The molecule has 9 rings (SSSR count). The number of nitriles is 2. The summed E-state index contributed by atoms with van der Waals surface area (Å²) in [6.45, 7) is 0. The largest absolute Gasteiger partial charge is 0.198 e. The van der Waals surface area contributed by atoms with Crippen molar-refractivity contribution in [1.82, 2.24) is 0 Å². The molecule has 7 aromatic rings. The maximum absolute atomic E-state index is 10.2. The van der Waals surface area contributed by atoms with E-state index in [-0.39, 0.29) is 11.8 Å². The lowest BCUT2D eigenvalue weighted by Crippen LogP contribution is -2.20.